The Balaban J connectivity index is 1.58. The van der Waals surface area contributed by atoms with Gasteiger partial charge in [0, 0.05) is 43.5 Å². The zero-order valence-electron chi connectivity index (χ0n) is 14.5. The van der Waals surface area contributed by atoms with Crippen molar-refractivity contribution in [2.45, 2.75) is 24.7 Å². The third kappa shape index (κ3) is 4.19. The van der Waals surface area contributed by atoms with Crippen molar-refractivity contribution >= 4 is 31.9 Å². The lowest BCUT2D eigenvalue weighted by Crippen LogP contribution is -2.50. The number of piperazine rings is 1. The first-order valence-corrected chi connectivity index (χ1v) is 10.7. The number of furan rings is 1. The average molecular weight is 441 g/mol. The van der Waals surface area contributed by atoms with Crippen molar-refractivity contribution in [3.63, 3.8) is 0 Å². The van der Waals surface area contributed by atoms with Crippen molar-refractivity contribution in [2.24, 2.45) is 0 Å². The van der Waals surface area contributed by atoms with Crippen LogP contribution in [-0.2, 0) is 21.2 Å². The van der Waals surface area contributed by atoms with Crippen LogP contribution in [-0.4, -0.2) is 49.7 Å². The molecular formula is C18H21BrN2O4S. The minimum absolute atomic E-state index is 0.0259. The number of amides is 1. The molecule has 26 heavy (non-hydrogen) atoms. The zero-order valence-corrected chi connectivity index (χ0v) is 16.9. The van der Waals surface area contributed by atoms with Crippen molar-refractivity contribution in [1.29, 1.82) is 0 Å². The molecule has 0 bridgehead atoms. The first kappa shape index (κ1) is 19.1. The van der Waals surface area contributed by atoms with E-state index in [2.05, 4.69) is 15.9 Å². The van der Waals surface area contributed by atoms with Crippen LogP contribution in [0.25, 0.3) is 0 Å². The second-order valence-electron chi connectivity index (χ2n) is 6.28. The Morgan fingerprint density at radius 1 is 1.19 bits per heavy atom. The summed E-state index contributed by atoms with van der Waals surface area (Å²) in [4.78, 5) is 14.3. The average Bonchev–Trinajstić information content (AvgIpc) is 3.15. The predicted molar refractivity (Wildman–Crippen MR) is 101 cm³/mol. The van der Waals surface area contributed by atoms with Gasteiger partial charge in [-0.15, -0.1) is 0 Å². The zero-order chi connectivity index (χ0) is 18.7. The summed E-state index contributed by atoms with van der Waals surface area (Å²) in [6.45, 7) is 3.30. The highest BCUT2D eigenvalue weighted by Crippen LogP contribution is 2.23. The van der Waals surface area contributed by atoms with E-state index in [1.807, 2.05) is 13.0 Å². The van der Waals surface area contributed by atoms with Crippen LogP contribution in [0, 0.1) is 6.92 Å². The van der Waals surface area contributed by atoms with E-state index in [0.717, 1.165) is 15.8 Å². The van der Waals surface area contributed by atoms with Gasteiger partial charge in [-0.3, -0.25) is 4.79 Å². The van der Waals surface area contributed by atoms with Gasteiger partial charge in [0.1, 0.15) is 5.76 Å². The van der Waals surface area contributed by atoms with Crippen LogP contribution in [0.5, 0.6) is 0 Å². The van der Waals surface area contributed by atoms with Gasteiger partial charge in [0.2, 0.25) is 15.9 Å². The Kier molecular flexibility index (Phi) is 5.84. The van der Waals surface area contributed by atoms with Gasteiger partial charge < -0.3 is 9.32 Å². The molecule has 1 aliphatic heterocycles. The van der Waals surface area contributed by atoms with Crippen molar-refractivity contribution in [3.8, 4) is 0 Å². The molecule has 0 radical (unpaired) electrons. The normalized spacial score (nSPS) is 16.0. The summed E-state index contributed by atoms with van der Waals surface area (Å²) in [6.07, 6.45) is 2.52. The molecule has 0 aliphatic carbocycles. The van der Waals surface area contributed by atoms with Gasteiger partial charge in [-0.05, 0) is 42.8 Å². The van der Waals surface area contributed by atoms with Crippen LogP contribution in [0.1, 0.15) is 17.7 Å². The Morgan fingerprint density at radius 2 is 1.92 bits per heavy atom. The smallest absolute Gasteiger partial charge is 0.243 e. The fraction of sp³-hybridized carbons (Fsp3) is 0.389. The van der Waals surface area contributed by atoms with Crippen LogP contribution in [0.2, 0.25) is 0 Å². The maximum absolute atomic E-state index is 12.8. The van der Waals surface area contributed by atoms with Crippen LogP contribution in [0.3, 0.4) is 0 Å². The Labute approximate surface area is 162 Å². The van der Waals surface area contributed by atoms with Gasteiger partial charge in [0.25, 0.3) is 0 Å². The minimum atomic E-state index is -3.54. The number of sulfonamides is 1. The number of carbonyl (C=O) groups excluding carboxylic acids is 1. The highest BCUT2D eigenvalue weighted by Gasteiger charge is 2.30. The molecule has 1 fully saturated rings. The number of carbonyl (C=O) groups is 1. The monoisotopic (exact) mass is 440 g/mol. The second kappa shape index (κ2) is 7.94. The van der Waals surface area contributed by atoms with E-state index in [9.17, 15) is 13.2 Å². The van der Waals surface area contributed by atoms with E-state index in [0.29, 0.717) is 39.0 Å². The third-order valence-electron chi connectivity index (χ3n) is 4.52. The molecule has 1 aromatic carbocycles. The number of aryl methyl sites for hydroxylation is 2. The van der Waals surface area contributed by atoms with E-state index >= 15 is 0 Å². The van der Waals surface area contributed by atoms with Crippen LogP contribution >= 0.6 is 15.9 Å². The maximum atomic E-state index is 12.8. The largest absolute Gasteiger partial charge is 0.469 e. The van der Waals surface area contributed by atoms with Crippen molar-refractivity contribution in [3.05, 3.63) is 52.4 Å². The highest BCUT2D eigenvalue weighted by atomic mass is 79.9. The molecule has 8 heteroatoms. The van der Waals surface area contributed by atoms with Gasteiger partial charge >= 0.3 is 0 Å². The van der Waals surface area contributed by atoms with Crippen LogP contribution in [0.15, 0.2) is 50.4 Å². The molecular weight excluding hydrogens is 420 g/mol. The van der Waals surface area contributed by atoms with E-state index < -0.39 is 10.0 Å². The molecule has 2 aromatic rings. The number of hydrogen-bond donors (Lipinski definition) is 0. The summed E-state index contributed by atoms with van der Waals surface area (Å²) < 4.78 is 33.2. The van der Waals surface area contributed by atoms with Crippen molar-refractivity contribution in [1.82, 2.24) is 9.21 Å². The summed E-state index contributed by atoms with van der Waals surface area (Å²) in [5.41, 5.74) is 0.873. The van der Waals surface area contributed by atoms with E-state index in [1.54, 1.807) is 35.4 Å². The molecule has 0 spiro atoms. The van der Waals surface area contributed by atoms with Crippen LogP contribution < -0.4 is 0 Å². The molecule has 140 valence electrons. The number of halogens is 1. The fourth-order valence-corrected chi connectivity index (χ4v) is 4.70. The number of hydrogen-bond acceptors (Lipinski definition) is 4. The Hall–Kier alpha value is -1.64. The van der Waals surface area contributed by atoms with Gasteiger partial charge in [-0.2, -0.15) is 4.31 Å². The summed E-state index contributed by atoms with van der Waals surface area (Å²) >= 11 is 3.39. The maximum Gasteiger partial charge on any atom is 0.243 e. The van der Waals surface area contributed by atoms with Gasteiger partial charge in [-0.1, -0.05) is 15.9 Å². The minimum Gasteiger partial charge on any atom is -0.469 e. The lowest BCUT2D eigenvalue weighted by atomic mass is 10.2. The molecule has 0 N–H and O–H groups in total. The first-order valence-electron chi connectivity index (χ1n) is 8.44. The lowest BCUT2D eigenvalue weighted by molar-refractivity contribution is -0.132. The molecule has 1 aromatic heterocycles. The number of nitrogens with zero attached hydrogens (tertiary/aromatic N) is 2. The molecule has 2 heterocycles. The molecule has 6 nitrogen and oxygen atoms in total. The number of rotatable bonds is 5. The van der Waals surface area contributed by atoms with Crippen molar-refractivity contribution < 1.29 is 17.6 Å². The summed E-state index contributed by atoms with van der Waals surface area (Å²) in [5.74, 6) is 0.808. The summed E-state index contributed by atoms with van der Waals surface area (Å²) in [7, 11) is -3.54. The molecule has 1 amide bonds. The quantitative estimate of drug-likeness (QED) is 0.716. The lowest BCUT2D eigenvalue weighted by Gasteiger charge is -2.34. The number of benzene rings is 1. The molecule has 3 rings (SSSR count). The van der Waals surface area contributed by atoms with Crippen molar-refractivity contribution in [2.75, 3.05) is 26.2 Å². The summed E-state index contributed by atoms with van der Waals surface area (Å²) in [5, 5.41) is 0. The topological polar surface area (TPSA) is 70.8 Å². The summed E-state index contributed by atoms with van der Waals surface area (Å²) in [6, 6.07) is 8.66. The van der Waals surface area contributed by atoms with Crippen LogP contribution in [0.4, 0.5) is 0 Å². The molecule has 1 aliphatic rings. The molecule has 1 saturated heterocycles. The predicted octanol–water partition coefficient (Wildman–Crippen LogP) is 2.82. The van der Waals surface area contributed by atoms with E-state index in [4.69, 9.17) is 4.42 Å². The first-order chi connectivity index (χ1) is 12.4. The Morgan fingerprint density at radius 3 is 2.54 bits per heavy atom. The second-order valence-corrected chi connectivity index (χ2v) is 9.07. The van der Waals surface area contributed by atoms with E-state index in [-0.39, 0.29) is 10.8 Å². The van der Waals surface area contributed by atoms with Gasteiger partial charge in [-0.25, -0.2) is 8.42 Å². The molecule has 0 unspecified atom stereocenters. The van der Waals surface area contributed by atoms with Gasteiger partial charge in [0.05, 0.1) is 11.2 Å². The highest BCUT2D eigenvalue weighted by molar-refractivity contribution is 9.10. The van der Waals surface area contributed by atoms with E-state index in [1.165, 1.54) is 4.31 Å². The SMILES string of the molecule is Cc1cc(S(=O)(=O)N2CCN(C(=O)CCc3ccco3)CC2)ccc1Br. The van der Waals surface area contributed by atoms with Gasteiger partial charge in [0.15, 0.2) is 0 Å². The third-order valence-corrected chi connectivity index (χ3v) is 7.31. The molecule has 0 atom stereocenters. The fourth-order valence-electron chi connectivity index (χ4n) is 2.95. The standard InChI is InChI=1S/C18H21BrN2O4S/c1-14-13-16(5-6-17(14)19)26(23,24)21-10-8-20(9-11-21)18(22)7-4-15-3-2-12-25-15/h2-3,5-6,12-13H,4,7-11H2,1H3. The molecule has 0 saturated carbocycles. The Bertz CT molecular complexity index is 873.